The standard InChI is InChI=1S/C27H36F3N7O9S/c1-13(40)22(37-9-20(32-34-37)35-2-4-44-5-3-35)24(41)18(10-38)45-12-47-27-26(43)23(25(42)19(11-39)46-27)36-8-17(31-33-36)14-6-15(28)21(30)16(29)7-14/h6-9,13,18-19,22-27,38-43H,2-5,10-12H2,1H3/t13-,18+,19?,22?,23?,24?,25?,26?,27?/m0/s1. The predicted octanol–water partition coefficient (Wildman–Crippen LogP) is -1.18. The third-order valence-electron chi connectivity index (χ3n) is 8.00. The molecule has 47 heavy (non-hydrogen) atoms. The van der Waals surface area contributed by atoms with Gasteiger partial charge in [0.25, 0.3) is 0 Å². The number of aliphatic hydroxyl groups excluding tert-OH is 6. The van der Waals surface area contributed by atoms with E-state index in [1.807, 2.05) is 4.90 Å². The molecule has 6 N–H and O–H groups in total. The molecule has 260 valence electrons. The first-order valence-corrected chi connectivity index (χ1v) is 15.7. The van der Waals surface area contributed by atoms with Crippen molar-refractivity contribution in [3.05, 3.63) is 42.0 Å². The molecule has 0 radical (unpaired) electrons. The topological polar surface area (TPSA) is 214 Å². The molecule has 20 heteroatoms. The monoisotopic (exact) mass is 691 g/mol. The number of aliphatic hydroxyl groups is 6. The van der Waals surface area contributed by atoms with Crippen LogP contribution in [0.5, 0.6) is 0 Å². The van der Waals surface area contributed by atoms with Crippen molar-refractivity contribution in [2.24, 2.45) is 0 Å². The Labute approximate surface area is 270 Å². The zero-order chi connectivity index (χ0) is 33.8. The van der Waals surface area contributed by atoms with Crippen LogP contribution in [0.25, 0.3) is 11.3 Å². The van der Waals surface area contributed by atoms with Crippen molar-refractivity contribution in [1.29, 1.82) is 0 Å². The van der Waals surface area contributed by atoms with Gasteiger partial charge in [-0.1, -0.05) is 22.2 Å². The summed E-state index contributed by atoms with van der Waals surface area (Å²) in [5.74, 6) is -4.29. The Morgan fingerprint density at radius 3 is 2.36 bits per heavy atom. The molecule has 7 unspecified atom stereocenters. The number of benzene rings is 1. The lowest BCUT2D eigenvalue weighted by Crippen LogP contribution is -2.55. The SMILES string of the molecule is C[C@H](O)C(C(O)[C@@H](CO)OCSC1OC(CO)C(O)C(n2cc(-c3cc(F)c(F)c(F)c3)nn2)C1O)n1cc(N2CCOCC2)nn1. The molecule has 2 saturated heterocycles. The van der Waals surface area contributed by atoms with Crippen molar-refractivity contribution in [2.45, 2.75) is 61.1 Å². The van der Waals surface area contributed by atoms with Crippen molar-refractivity contribution in [1.82, 2.24) is 30.0 Å². The summed E-state index contributed by atoms with van der Waals surface area (Å²) in [6.07, 6.45) is -5.30. The average Bonchev–Trinajstić information content (AvgIpc) is 3.74. The van der Waals surface area contributed by atoms with E-state index in [1.165, 1.54) is 17.8 Å². The number of nitrogens with zero attached hydrogens (tertiary/aromatic N) is 7. The van der Waals surface area contributed by atoms with Gasteiger partial charge in [0.15, 0.2) is 23.3 Å². The number of aromatic nitrogens is 6. The molecule has 0 bridgehead atoms. The molecule has 2 aromatic heterocycles. The van der Waals surface area contributed by atoms with Crippen LogP contribution in [0.2, 0.25) is 0 Å². The number of hydrogen-bond donors (Lipinski definition) is 6. The summed E-state index contributed by atoms with van der Waals surface area (Å²) in [5.41, 5.74) is -1.38. The zero-order valence-electron chi connectivity index (χ0n) is 25.0. The first kappa shape index (κ1) is 35.4. The van der Waals surface area contributed by atoms with Crippen molar-refractivity contribution in [3.8, 4) is 11.3 Å². The first-order valence-electron chi connectivity index (χ1n) is 14.7. The Bertz CT molecular complexity index is 1440. The number of thioether (sulfide) groups is 1. The van der Waals surface area contributed by atoms with E-state index in [4.69, 9.17) is 14.2 Å². The van der Waals surface area contributed by atoms with Crippen LogP contribution >= 0.6 is 11.8 Å². The molecule has 0 aliphatic carbocycles. The normalized spacial score (nSPS) is 26.3. The fourth-order valence-corrected chi connectivity index (χ4v) is 6.43. The lowest BCUT2D eigenvalue weighted by molar-refractivity contribution is -0.179. The van der Waals surface area contributed by atoms with E-state index in [0.29, 0.717) is 32.1 Å². The van der Waals surface area contributed by atoms with Crippen molar-refractivity contribution in [3.63, 3.8) is 0 Å². The minimum Gasteiger partial charge on any atom is -0.394 e. The molecule has 2 aliphatic rings. The maximum Gasteiger partial charge on any atom is 0.194 e. The first-order chi connectivity index (χ1) is 22.5. The maximum absolute atomic E-state index is 13.8. The fraction of sp³-hybridized carbons (Fsp3) is 0.630. The van der Waals surface area contributed by atoms with Gasteiger partial charge in [0.05, 0.1) is 50.9 Å². The summed E-state index contributed by atoms with van der Waals surface area (Å²) in [7, 11) is 0. The Morgan fingerprint density at radius 1 is 1.02 bits per heavy atom. The highest BCUT2D eigenvalue weighted by atomic mass is 32.2. The summed E-state index contributed by atoms with van der Waals surface area (Å²) >= 11 is 0.877. The predicted molar refractivity (Wildman–Crippen MR) is 156 cm³/mol. The second kappa shape index (κ2) is 15.5. The van der Waals surface area contributed by atoms with E-state index >= 15 is 0 Å². The molecule has 2 fully saturated rings. The number of rotatable bonds is 13. The molecule has 3 aromatic rings. The highest BCUT2D eigenvalue weighted by Gasteiger charge is 2.46. The Balaban J connectivity index is 1.25. The van der Waals surface area contributed by atoms with Crippen LogP contribution in [0.3, 0.4) is 0 Å². The van der Waals surface area contributed by atoms with Gasteiger partial charge in [0, 0.05) is 18.7 Å². The van der Waals surface area contributed by atoms with E-state index in [9.17, 15) is 43.8 Å². The van der Waals surface area contributed by atoms with Crippen LogP contribution in [0, 0.1) is 17.5 Å². The summed E-state index contributed by atoms with van der Waals surface area (Å²) < 4.78 is 60.1. The second-order valence-electron chi connectivity index (χ2n) is 11.1. The number of morpholine rings is 1. The van der Waals surface area contributed by atoms with Crippen molar-refractivity contribution >= 4 is 17.6 Å². The fourth-order valence-electron chi connectivity index (χ4n) is 5.46. The minimum atomic E-state index is -1.65. The van der Waals surface area contributed by atoms with E-state index in [-0.39, 0.29) is 17.2 Å². The van der Waals surface area contributed by atoms with Crippen LogP contribution in [-0.2, 0) is 14.2 Å². The van der Waals surface area contributed by atoms with Crippen molar-refractivity contribution in [2.75, 3.05) is 50.4 Å². The van der Waals surface area contributed by atoms with E-state index < -0.39 is 84.8 Å². The third kappa shape index (κ3) is 7.71. The van der Waals surface area contributed by atoms with Gasteiger partial charge in [-0.05, 0) is 19.1 Å². The van der Waals surface area contributed by atoms with Gasteiger partial charge in [-0.2, -0.15) is 0 Å². The molecule has 1 aromatic carbocycles. The van der Waals surface area contributed by atoms with E-state index in [1.54, 1.807) is 6.20 Å². The van der Waals surface area contributed by atoms with Gasteiger partial charge >= 0.3 is 0 Å². The molecule has 0 spiro atoms. The highest BCUT2D eigenvalue weighted by molar-refractivity contribution is 7.99. The van der Waals surface area contributed by atoms with Crippen molar-refractivity contribution < 1.29 is 58.0 Å². The lowest BCUT2D eigenvalue weighted by Gasteiger charge is -2.41. The van der Waals surface area contributed by atoms with Gasteiger partial charge in [0.1, 0.15) is 53.7 Å². The molecule has 0 amide bonds. The Kier molecular flexibility index (Phi) is 11.7. The van der Waals surface area contributed by atoms with E-state index in [0.717, 1.165) is 28.6 Å². The molecule has 4 heterocycles. The average molecular weight is 692 g/mol. The van der Waals surface area contributed by atoms with E-state index in [2.05, 4.69) is 20.6 Å². The number of hydrogen-bond acceptors (Lipinski definition) is 15. The van der Waals surface area contributed by atoms with Crippen LogP contribution in [-0.4, -0.2) is 148 Å². The Morgan fingerprint density at radius 2 is 1.72 bits per heavy atom. The zero-order valence-corrected chi connectivity index (χ0v) is 25.9. The third-order valence-corrected chi connectivity index (χ3v) is 8.99. The lowest BCUT2D eigenvalue weighted by atomic mass is 9.97. The number of halogens is 3. The molecular weight excluding hydrogens is 655 g/mol. The largest absolute Gasteiger partial charge is 0.394 e. The molecule has 9 atom stereocenters. The number of ether oxygens (including phenoxy) is 3. The van der Waals surface area contributed by atoms with Crippen LogP contribution in [0.1, 0.15) is 19.0 Å². The van der Waals surface area contributed by atoms with Gasteiger partial charge in [0.2, 0.25) is 0 Å². The molecule has 0 saturated carbocycles. The summed E-state index contributed by atoms with van der Waals surface area (Å²) in [4.78, 5) is 1.94. The molecular formula is C27H36F3N7O9S. The minimum absolute atomic E-state index is 0.0846. The van der Waals surface area contributed by atoms with Crippen LogP contribution < -0.4 is 4.90 Å². The van der Waals surface area contributed by atoms with Crippen LogP contribution in [0.4, 0.5) is 19.0 Å². The maximum atomic E-state index is 13.8. The Hall–Kier alpha value is -2.92. The van der Waals surface area contributed by atoms with Gasteiger partial charge in [-0.15, -0.1) is 10.2 Å². The quantitative estimate of drug-likeness (QED) is 0.0920. The number of anilines is 1. The van der Waals surface area contributed by atoms with Gasteiger partial charge in [-0.25, -0.2) is 22.5 Å². The summed E-state index contributed by atoms with van der Waals surface area (Å²) in [6.45, 7) is 2.35. The highest BCUT2D eigenvalue weighted by Crippen LogP contribution is 2.36. The second-order valence-corrected chi connectivity index (χ2v) is 12.1. The van der Waals surface area contributed by atoms with Gasteiger partial charge < -0.3 is 49.7 Å². The van der Waals surface area contributed by atoms with Gasteiger partial charge in [-0.3, -0.25) is 0 Å². The molecule has 16 nitrogen and oxygen atoms in total. The summed E-state index contributed by atoms with van der Waals surface area (Å²) in [6, 6.07) is -0.882. The summed E-state index contributed by atoms with van der Waals surface area (Å²) in [5, 5.41) is 79.4. The molecule has 5 rings (SSSR count). The molecule has 2 aliphatic heterocycles. The van der Waals surface area contributed by atoms with Crippen LogP contribution in [0.15, 0.2) is 24.5 Å². The smallest absolute Gasteiger partial charge is 0.194 e.